The zero-order valence-electron chi connectivity index (χ0n) is 29.2. The first-order valence-corrected chi connectivity index (χ1v) is 19.1. The first kappa shape index (κ1) is 33.2. The lowest BCUT2D eigenvalue weighted by Gasteiger charge is -2.39. The van der Waals surface area contributed by atoms with Crippen molar-refractivity contribution in [1.29, 1.82) is 5.26 Å². The molecule has 0 spiro atoms. The molecule has 4 fully saturated rings. The predicted molar refractivity (Wildman–Crippen MR) is 202 cm³/mol. The molecule has 8 heterocycles. The van der Waals surface area contributed by atoms with Crippen LogP contribution in [0.15, 0.2) is 55.0 Å². The van der Waals surface area contributed by atoms with Gasteiger partial charge in [-0.25, -0.2) is 14.3 Å². The van der Waals surface area contributed by atoms with Gasteiger partial charge < -0.3 is 15.1 Å². The Morgan fingerprint density at radius 2 is 1.74 bits per heavy atom. The number of urea groups is 1. The number of aromatic nitrogens is 6. The highest BCUT2D eigenvalue weighted by Gasteiger charge is 2.29. The van der Waals surface area contributed by atoms with Crippen LogP contribution >= 0.6 is 11.3 Å². The third-order valence-electron chi connectivity index (χ3n) is 10.6. The van der Waals surface area contributed by atoms with Crippen molar-refractivity contribution >= 4 is 51.1 Å². The Labute approximate surface area is 310 Å². The van der Waals surface area contributed by atoms with Crippen LogP contribution in [0, 0.1) is 17.2 Å². The maximum atomic E-state index is 12.2. The second-order valence-electron chi connectivity index (χ2n) is 14.2. The highest BCUT2D eigenvalue weighted by molar-refractivity contribution is 7.18. The molecule has 0 radical (unpaired) electrons. The van der Waals surface area contributed by atoms with Crippen LogP contribution in [-0.4, -0.2) is 105 Å². The number of rotatable bonds is 9. The molecule has 9 rings (SSSR count). The molecule has 5 aromatic heterocycles. The lowest BCUT2D eigenvalue weighted by atomic mass is 9.96. The number of hydrogen-bond donors (Lipinski definition) is 2. The maximum absolute atomic E-state index is 12.2. The Hall–Kier alpha value is -5.66. The number of anilines is 4. The van der Waals surface area contributed by atoms with Crippen LogP contribution < -0.4 is 25.3 Å². The van der Waals surface area contributed by atoms with E-state index in [0.717, 1.165) is 116 Å². The molecule has 3 saturated heterocycles. The maximum Gasteiger partial charge on any atom is 0.328 e. The predicted octanol–water partition coefficient (Wildman–Crippen LogP) is 4.24. The summed E-state index contributed by atoms with van der Waals surface area (Å²) in [5.41, 5.74) is 5.70. The van der Waals surface area contributed by atoms with Gasteiger partial charge in [0.2, 0.25) is 11.0 Å². The van der Waals surface area contributed by atoms with Gasteiger partial charge in [0, 0.05) is 76.7 Å². The molecule has 16 heteroatoms. The second kappa shape index (κ2) is 14.1. The highest BCUT2D eigenvalue weighted by Crippen LogP contribution is 2.38. The number of carbonyl (C=O) groups excluding carboxylic acids is 2. The summed E-state index contributed by atoms with van der Waals surface area (Å²) in [6, 6.07) is 14.0. The molecule has 3 aliphatic heterocycles. The number of piperidine rings is 1. The number of nitrogens with zero attached hydrogens (tertiary/aromatic N) is 11. The number of hydrogen-bond acceptors (Lipinski definition) is 13. The lowest BCUT2D eigenvalue weighted by molar-refractivity contribution is -0.120. The van der Waals surface area contributed by atoms with Gasteiger partial charge >= 0.3 is 6.03 Å². The number of imide groups is 1. The first-order chi connectivity index (χ1) is 26.0. The number of nitriles is 1. The standard InChI is InChI=1S/C37H39N13O2S/c38-19-25-17-27-3-5-32(50(27)41-20-25)31-18-30(42-26-1-2-26)29(22-39-31)35-44-45-37(53-35)48-15-13-46(14-16-48)23-24-7-10-47(11-8-24)33-6-4-28(21-40-33)49-12-9-34(51)43-36(49)52/h3-6,17-18,20-22,24,26H,1-2,7-16,23H2,(H,39,42)(H,43,51,52). The molecule has 3 amide bonds. The molecule has 0 bridgehead atoms. The molecule has 1 saturated carbocycles. The Kier molecular flexibility index (Phi) is 8.80. The van der Waals surface area contributed by atoms with Crippen LogP contribution in [-0.2, 0) is 4.79 Å². The molecule has 0 aromatic carbocycles. The smallest absolute Gasteiger partial charge is 0.328 e. The fraction of sp³-hybridized carbons (Fsp3) is 0.405. The molecular formula is C37H39N13O2S. The van der Waals surface area contributed by atoms with E-state index in [1.165, 1.54) is 0 Å². The molecule has 2 N–H and O–H groups in total. The average Bonchev–Trinajstić information content (AvgIpc) is 3.69. The van der Waals surface area contributed by atoms with Crippen molar-refractivity contribution in [2.24, 2.45) is 5.92 Å². The van der Waals surface area contributed by atoms with Crippen LogP contribution in [0.4, 0.5) is 27.1 Å². The van der Waals surface area contributed by atoms with Crippen molar-refractivity contribution in [3.8, 4) is 28.0 Å². The van der Waals surface area contributed by atoms with E-state index in [9.17, 15) is 14.9 Å². The van der Waals surface area contributed by atoms with Crippen molar-refractivity contribution < 1.29 is 9.59 Å². The lowest BCUT2D eigenvalue weighted by Crippen LogP contribution is -2.49. The summed E-state index contributed by atoms with van der Waals surface area (Å²) in [6.45, 7) is 7.20. The summed E-state index contributed by atoms with van der Waals surface area (Å²) in [6.07, 6.45) is 10.0. The Morgan fingerprint density at radius 3 is 2.49 bits per heavy atom. The minimum atomic E-state index is -0.389. The van der Waals surface area contributed by atoms with Crippen LogP contribution in [0.3, 0.4) is 0 Å². The van der Waals surface area contributed by atoms with E-state index >= 15 is 0 Å². The zero-order chi connectivity index (χ0) is 35.9. The summed E-state index contributed by atoms with van der Waals surface area (Å²) >= 11 is 1.62. The molecule has 1 aliphatic carbocycles. The Bertz CT molecular complexity index is 2190. The van der Waals surface area contributed by atoms with E-state index in [0.29, 0.717) is 36.2 Å². The first-order valence-electron chi connectivity index (χ1n) is 18.3. The van der Waals surface area contributed by atoms with Gasteiger partial charge in [-0.15, -0.1) is 10.2 Å². The normalized spacial score (nSPS) is 18.7. The minimum Gasteiger partial charge on any atom is -0.382 e. The van der Waals surface area contributed by atoms with Crippen molar-refractivity contribution in [1.82, 2.24) is 40.0 Å². The van der Waals surface area contributed by atoms with Gasteiger partial charge in [0.15, 0.2) is 5.01 Å². The Balaban J connectivity index is 0.792. The molecule has 53 heavy (non-hydrogen) atoms. The molecule has 0 atom stereocenters. The second-order valence-corrected chi connectivity index (χ2v) is 15.1. The van der Waals surface area contributed by atoms with Gasteiger partial charge in [-0.2, -0.15) is 10.4 Å². The fourth-order valence-corrected chi connectivity index (χ4v) is 8.33. The molecule has 15 nitrogen and oxygen atoms in total. The van der Waals surface area contributed by atoms with E-state index in [2.05, 4.69) is 57.7 Å². The van der Waals surface area contributed by atoms with Gasteiger partial charge in [-0.05, 0) is 68.0 Å². The van der Waals surface area contributed by atoms with Crippen molar-refractivity contribution in [3.05, 3.63) is 60.6 Å². The number of fused-ring (bicyclic) bond motifs is 1. The minimum absolute atomic E-state index is 0.238. The topological polar surface area (TPSA) is 164 Å². The molecule has 0 unspecified atom stereocenters. The number of piperazine rings is 1. The third kappa shape index (κ3) is 6.97. The monoisotopic (exact) mass is 729 g/mol. The summed E-state index contributed by atoms with van der Waals surface area (Å²) in [5.74, 6) is 1.33. The van der Waals surface area contributed by atoms with Gasteiger partial charge in [0.05, 0.1) is 46.1 Å². The number of amides is 3. The molecule has 4 aliphatic rings. The SMILES string of the molecule is N#Cc1cnn2c(-c3cc(NC4CC4)c(-c4nnc(N5CCN(CC6CCN(c7ccc(N8CCC(=O)NC8=O)cn7)CC6)CC5)s4)cn3)ccc2c1. The van der Waals surface area contributed by atoms with Crippen LogP contribution in [0.2, 0.25) is 0 Å². The summed E-state index contributed by atoms with van der Waals surface area (Å²) in [7, 11) is 0. The van der Waals surface area contributed by atoms with E-state index in [1.807, 2.05) is 41.0 Å². The van der Waals surface area contributed by atoms with Gasteiger partial charge in [0.1, 0.15) is 11.9 Å². The zero-order valence-corrected chi connectivity index (χ0v) is 30.0. The highest BCUT2D eigenvalue weighted by atomic mass is 32.1. The van der Waals surface area contributed by atoms with Gasteiger partial charge in [0.25, 0.3) is 0 Å². The quantitative estimate of drug-likeness (QED) is 0.222. The summed E-state index contributed by atoms with van der Waals surface area (Å²) in [5, 5.41) is 30.9. The number of nitrogens with one attached hydrogen (secondary N) is 2. The van der Waals surface area contributed by atoms with E-state index in [-0.39, 0.29) is 11.9 Å². The average molecular weight is 730 g/mol. The molecular weight excluding hydrogens is 691 g/mol. The Morgan fingerprint density at radius 1 is 0.887 bits per heavy atom. The fourth-order valence-electron chi connectivity index (χ4n) is 7.41. The summed E-state index contributed by atoms with van der Waals surface area (Å²) < 4.78 is 1.82. The largest absolute Gasteiger partial charge is 0.382 e. The number of pyridine rings is 2. The van der Waals surface area contributed by atoms with E-state index in [4.69, 9.17) is 4.98 Å². The van der Waals surface area contributed by atoms with Crippen LogP contribution in [0.25, 0.3) is 27.5 Å². The van der Waals surface area contributed by atoms with Gasteiger partial charge in [-0.3, -0.25) is 24.9 Å². The third-order valence-corrected chi connectivity index (χ3v) is 11.6. The van der Waals surface area contributed by atoms with Crippen LogP contribution in [0.5, 0.6) is 0 Å². The van der Waals surface area contributed by atoms with Crippen molar-refractivity contribution in [3.63, 3.8) is 0 Å². The van der Waals surface area contributed by atoms with Gasteiger partial charge in [-0.1, -0.05) is 11.3 Å². The molecule has 5 aromatic rings. The summed E-state index contributed by atoms with van der Waals surface area (Å²) in [4.78, 5) is 42.0. The van der Waals surface area contributed by atoms with Crippen molar-refractivity contribution in [2.45, 2.75) is 38.1 Å². The molecule has 270 valence electrons. The van der Waals surface area contributed by atoms with Crippen LogP contribution in [0.1, 0.15) is 37.7 Å². The van der Waals surface area contributed by atoms with Crippen molar-refractivity contribution in [2.75, 3.05) is 72.4 Å². The van der Waals surface area contributed by atoms with E-state index < -0.39 is 0 Å². The number of carbonyl (C=O) groups is 2. The van der Waals surface area contributed by atoms with E-state index in [1.54, 1.807) is 28.6 Å².